The maximum atomic E-state index is 12.5. The normalized spacial score (nSPS) is 20.1. The molecule has 0 saturated carbocycles. The number of anilines is 2. The van der Waals surface area contributed by atoms with Crippen molar-refractivity contribution >= 4 is 23.3 Å². The van der Waals surface area contributed by atoms with Crippen molar-refractivity contribution in [1.29, 1.82) is 5.26 Å². The minimum absolute atomic E-state index is 0.0207. The second-order valence-electron chi connectivity index (χ2n) is 7.71. The van der Waals surface area contributed by atoms with Crippen molar-refractivity contribution in [3.05, 3.63) is 53.2 Å². The molecular weight excluding hydrogens is 378 g/mol. The molecule has 2 aromatic rings. The van der Waals surface area contributed by atoms with E-state index in [-0.39, 0.29) is 36.2 Å². The summed E-state index contributed by atoms with van der Waals surface area (Å²) in [5.74, 6) is 0.570. The second kappa shape index (κ2) is 8.95. The molecule has 7 nitrogen and oxygen atoms in total. The SMILES string of the molecule is CC(=O)N1c2ccc(C(=O)NCCC#N)cc2C(Nc2cccc(C)n2)[C@@H](C)[C@@H]1C. The average molecular weight is 406 g/mol. The highest BCUT2D eigenvalue weighted by Gasteiger charge is 2.38. The number of amides is 2. The molecule has 0 bridgehead atoms. The van der Waals surface area contributed by atoms with Gasteiger partial charge in [0.25, 0.3) is 5.91 Å². The number of hydrogen-bond acceptors (Lipinski definition) is 5. The predicted octanol–water partition coefficient (Wildman–Crippen LogP) is 3.58. The van der Waals surface area contributed by atoms with Gasteiger partial charge in [0.2, 0.25) is 5.91 Å². The molecule has 1 aliphatic rings. The first-order valence-corrected chi connectivity index (χ1v) is 10.1. The lowest BCUT2D eigenvalue weighted by Crippen LogP contribution is -2.48. The van der Waals surface area contributed by atoms with Crippen LogP contribution in [0.1, 0.15) is 54.8 Å². The van der Waals surface area contributed by atoms with Crippen molar-refractivity contribution in [1.82, 2.24) is 10.3 Å². The number of aromatic nitrogens is 1. The maximum absolute atomic E-state index is 12.5. The highest BCUT2D eigenvalue weighted by molar-refractivity contribution is 5.98. The quantitative estimate of drug-likeness (QED) is 0.741. The van der Waals surface area contributed by atoms with Crippen molar-refractivity contribution < 1.29 is 9.59 Å². The molecule has 0 aliphatic carbocycles. The van der Waals surface area contributed by atoms with Gasteiger partial charge in [0, 0.05) is 42.4 Å². The van der Waals surface area contributed by atoms with E-state index >= 15 is 0 Å². The van der Waals surface area contributed by atoms with Gasteiger partial charge in [0.1, 0.15) is 5.82 Å². The van der Waals surface area contributed by atoms with E-state index in [9.17, 15) is 9.59 Å². The zero-order valence-corrected chi connectivity index (χ0v) is 17.8. The van der Waals surface area contributed by atoms with E-state index in [1.807, 2.05) is 50.2 Å². The minimum Gasteiger partial charge on any atom is -0.363 e. The van der Waals surface area contributed by atoms with Gasteiger partial charge in [0.15, 0.2) is 0 Å². The fraction of sp³-hybridized carbons (Fsp3) is 0.391. The van der Waals surface area contributed by atoms with E-state index in [1.165, 1.54) is 0 Å². The Morgan fingerprint density at radius 2 is 2.00 bits per heavy atom. The van der Waals surface area contributed by atoms with Gasteiger partial charge < -0.3 is 15.5 Å². The molecule has 0 fully saturated rings. The molecule has 3 atom stereocenters. The number of fused-ring (bicyclic) bond motifs is 1. The number of nitrogens with zero attached hydrogens (tertiary/aromatic N) is 3. The van der Waals surface area contributed by atoms with E-state index in [4.69, 9.17) is 5.26 Å². The van der Waals surface area contributed by atoms with Gasteiger partial charge in [-0.3, -0.25) is 9.59 Å². The zero-order chi connectivity index (χ0) is 21.8. The lowest BCUT2D eigenvalue weighted by molar-refractivity contribution is -0.117. The summed E-state index contributed by atoms with van der Waals surface area (Å²) >= 11 is 0. The zero-order valence-electron chi connectivity index (χ0n) is 17.8. The van der Waals surface area contributed by atoms with Gasteiger partial charge in [-0.15, -0.1) is 0 Å². The molecular formula is C23H27N5O2. The summed E-state index contributed by atoms with van der Waals surface area (Å²) < 4.78 is 0. The number of aryl methyl sites for hydroxylation is 1. The summed E-state index contributed by atoms with van der Waals surface area (Å²) in [7, 11) is 0. The van der Waals surface area contributed by atoms with Crippen molar-refractivity contribution in [2.75, 3.05) is 16.8 Å². The molecule has 1 aliphatic heterocycles. The van der Waals surface area contributed by atoms with Gasteiger partial charge in [-0.1, -0.05) is 13.0 Å². The van der Waals surface area contributed by atoms with Gasteiger partial charge in [-0.25, -0.2) is 4.98 Å². The van der Waals surface area contributed by atoms with Crippen molar-refractivity contribution in [2.45, 2.75) is 46.2 Å². The van der Waals surface area contributed by atoms with E-state index < -0.39 is 0 Å². The van der Waals surface area contributed by atoms with Crippen LogP contribution in [-0.4, -0.2) is 29.4 Å². The number of carbonyl (C=O) groups excluding carboxylic acids is 2. The van der Waals surface area contributed by atoms with Crippen LogP contribution in [0.3, 0.4) is 0 Å². The molecule has 1 aromatic heterocycles. The molecule has 1 unspecified atom stereocenters. The van der Waals surface area contributed by atoms with Crippen molar-refractivity contribution in [2.24, 2.45) is 5.92 Å². The minimum atomic E-state index is -0.235. The summed E-state index contributed by atoms with van der Waals surface area (Å²) in [6, 6.07) is 13.1. The van der Waals surface area contributed by atoms with Crippen LogP contribution < -0.4 is 15.5 Å². The van der Waals surface area contributed by atoms with Gasteiger partial charge >= 0.3 is 0 Å². The standard InChI is InChI=1S/C23H27N5O2/c1-14-7-5-8-21(26-14)27-22-15(2)16(3)28(17(4)29)20-10-9-18(13-19(20)22)23(30)25-12-6-11-24/h5,7-10,13,15-16,22H,6,12H2,1-4H3,(H,25,30)(H,26,27)/t15-,16-,22?/m0/s1. The number of rotatable bonds is 5. The van der Waals surface area contributed by atoms with Crippen LogP contribution in [0.25, 0.3) is 0 Å². The first-order chi connectivity index (χ1) is 14.3. The number of nitriles is 1. The maximum Gasteiger partial charge on any atom is 0.251 e. The molecule has 0 spiro atoms. The van der Waals surface area contributed by atoms with Crippen molar-refractivity contribution in [3.8, 4) is 6.07 Å². The largest absolute Gasteiger partial charge is 0.363 e. The lowest BCUT2D eigenvalue weighted by atomic mass is 9.82. The summed E-state index contributed by atoms with van der Waals surface area (Å²) in [6.07, 6.45) is 0.257. The number of benzene rings is 1. The smallest absolute Gasteiger partial charge is 0.251 e. The topological polar surface area (TPSA) is 98.1 Å². The Bertz CT molecular complexity index is 997. The Morgan fingerprint density at radius 1 is 1.23 bits per heavy atom. The molecule has 30 heavy (non-hydrogen) atoms. The van der Waals surface area contributed by atoms with Crippen LogP contribution in [0.2, 0.25) is 0 Å². The fourth-order valence-electron chi connectivity index (χ4n) is 3.96. The van der Waals surface area contributed by atoms with Crippen LogP contribution in [-0.2, 0) is 4.79 Å². The molecule has 3 rings (SSSR count). The average Bonchev–Trinajstić information content (AvgIpc) is 2.71. The Hall–Kier alpha value is -3.40. The summed E-state index contributed by atoms with van der Waals surface area (Å²) in [5.41, 5.74) is 3.09. The summed E-state index contributed by atoms with van der Waals surface area (Å²) in [4.78, 5) is 31.3. The van der Waals surface area contributed by atoms with Crippen LogP contribution in [0.4, 0.5) is 11.5 Å². The monoisotopic (exact) mass is 405 g/mol. The summed E-state index contributed by atoms with van der Waals surface area (Å²) in [6.45, 7) is 7.93. The molecule has 0 saturated heterocycles. The molecule has 7 heteroatoms. The van der Waals surface area contributed by atoms with E-state index in [0.29, 0.717) is 12.1 Å². The van der Waals surface area contributed by atoms with Gasteiger partial charge in [0.05, 0.1) is 18.5 Å². The third-order valence-corrected chi connectivity index (χ3v) is 5.63. The predicted molar refractivity (Wildman–Crippen MR) is 116 cm³/mol. The van der Waals surface area contributed by atoms with Gasteiger partial charge in [-0.2, -0.15) is 5.26 Å². The van der Waals surface area contributed by atoms with E-state index in [2.05, 4.69) is 22.5 Å². The Balaban J connectivity index is 2.02. The first kappa shape index (κ1) is 21.3. The second-order valence-corrected chi connectivity index (χ2v) is 7.71. The summed E-state index contributed by atoms with van der Waals surface area (Å²) in [5, 5.41) is 15.0. The molecule has 156 valence electrons. The van der Waals surface area contributed by atoms with Crippen LogP contribution >= 0.6 is 0 Å². The lowest BCUT2D eigenvalue weighted by Gasteiger charge is -2.44. The third kappa shape index (κ3) is 4.28. The Morgan fingerprint density at radius 3 is 2.67 bits per heavy atom. The highest BCUT2D eigenvalue weighted by Crippen LogP contribution is 2.42. The Kier molecular flexibility index (Phi) is 6.36. The molecule has 0 radical (unpaired) electrons. The van der Waals surface area contributed by atoms with Crippen LogP contribution in [0.15, 0.2) is 36.4 Å². The Labute approximate surface area is 177 Å². The van der Waals surface area contributed by atoms with E-state index in [0.717, 1.165) is 22.8 Å². The number of carbonyl (C=O) groups is 2. The van der Waals surface area contributed by atoms with Gasteiger partial charge in [-0.05, 0) is 49.7 Å². The molecule has 2 amide bonds. The van der Waals surface area contributed by atoms with E-state index in [1.54, 1.807) is 17.9 Å². The van der Waals surface area contributed by atoms with Crippen LogP contribution in [0, 0.1) is 24.2 Å². The van der Waals surface area contributed by atoms with Crippen molar-refractivity contribution in [3.63, 3.8) is 0 Å². The number of pyridine rings is 1. The number of nitrogens with one attached hydrogen (secondary N) is 2. The molecule has 2 N–H and O–H groups in total. The number of hydrogen-bond donors (Lipinski definition) is 2. The third-order valence-electron chi connectivity index (χ3n) is 5.63. The van der Waals surface area contributed by atoms with Crippen LogP contribution in [0.5, 0.6) is 0 Å². The highest BCUT2D eigenvalue weighted by atomic mass is 16.2. The first-order valence-electron chi connectivity index (χ1n) is 10.1. The molecule has 1 aromatic carbocycles. The fourth-order valence-corrected chi connectivity index (χ4v) is 3.96. The molecule has 2 heterocycles.